The zero-order valence-electron chi connectivity index (χ0n) is 8.24. The van der Waals surface area contributed by atoms with E-state index in [4.69, 9.17) is 11.6 Å². The van der Waals surface area contributed by atoms with Gasteiger partial charge in [0.15, 0.2) is 0 Å². The lowest BCUT2D eigenvalue weighted by atomic mass is 10.1. The molecule has 1 aromatic carbocycles. The predicted octanol–water partition coefficient (Wildman–Crippen LogP) is 3.68. The second-order valence-electron chi connectivity index (χ2n) is 3.29. The van der Waals surface area contributed by atoms with Gasteiger partial charge in [-0.2, -0.15) is 5.10 Å². The molecular weight excluding hydrogens is 322 g/mol. The van der Waals surface area contributed by atoms with Gasteiger partial charge in [0.05, 0.1) is 10.7 Å². The van der Waals surface area contributed by atoms with Crippen LogP contribution in [0.15, 0.2) is 30.5 Å². The molecule has 1 heterocycles. The van der Waals surface area contributed by atoms with Gasteiger partial charge in [0.2, 0.25) is 0 Å². The van der Waals surface area contributed by atoms with E-state index in [0.717, 1.165) is 20.7 Å². The van der Waals surface area contributed by atoms with E-state index >= 15 is 0 Å². The molecule has 2 aromatic rings. The molecule has 0 aliphatic carbocycles. The minimum atomic E-state index is 0.752. The van der Waals surface area contributed by atoms with E-state index in [0.29, 0.717) is 0 Å². The predicted molar refractivity (Wildman–Crippen MR) is 71.4 cm³/mol. The number of hydrogen-bond donors (Lipinski definition) is 0. The summed E-state index contributed by atoms with van der Waals surface area (Å²) in [6.07, 6.45) is 2.03. The lowest BCUT2D eigenvalue weighted by Gasteiger charge is -2.01. The van der Waals surface area contributed by atoms with Gasteiger partial charge in [-0.05, 0) is 6.07 Å². The molecule has 2 rings (SSSR count). The summed E-state index contributed by atoms with van der Waals surface area (Å²) in [6.45, 7) is 0. The number of aryl methyl sites for hydroxylation is 1. The molecule has 0 unspecified atom stereocenters. The fraction of sp³-hybridized carbons (Fsp3) is 0.182. The van der Waals surface area contributed by atoms with E-state index in [9.17, 15) is 0 Å². The molecule has 0 saturated heterocycles. The quantitative estimate of drug-likeness (QED) is 0.606. The average molecular weight is 333 g/mol. The minimum Gasteiger partial charge on any atom is -0.275 e. The van der Waals surface area contributed by atoms with Crippen molar-refractivity contribution in [1.82, 2.24) is 9.78 Å². The maximum absolute atomic E-state index is 6.15. The van der Waals surface area contributed by atoms with Crippen LogP contribution in [-0.4, -0.2) is 9.78 Å². The lowest BCUT2D eigenvalue weighted by Crippen LogP contribution is -1.88. The Kier molecular flexibility index (Phi) is 3.31. The van der Waals surface area contributed by atoms with Gasteiger partial charge in [-0.15, -0.1) is 0 Å². The van der Waals surface area contributed by atoms with Gasteiger partial charge in [0.1, 0.15) is 0 Å². The number of nitrogens with zero attached hydrogens (tertiary/aromatic N) is 2. The Balaban J connectivity index is 2.58. The van der Waals surface area contributed by atoms with Crippen molar-refractivity contribution in [3.63, 3.8) is 0 Å². The second kappa shape index (κ2) is 4.53. The fourth-order valence-corrected chi connectivity index (χ4v) is 2.30. The first-order valence-electron chi connectivity index (χ1n) is 4.55. The molecule has 78 valence electrons. The molecule has 0 amide bonds. The second-order valence-corrected chi connectivity index (χ2v) is 4.46. The molecule has 0 aliphatic rings. The highest BCUT2D eigenvalue weighted by atomic mass is 127. The van der Waals surface area contributed by atoms with Gasteiger partial charge < -0.3 is 0 Å². The Morgan fingerprint density at radius 1 is 1.40 bits per heavy atom. The van der Waals surface area contributed by atoms with Crippen LogP contribution in [0.4, 0.5) is 0 Å². The fourth-order valence-electron chi connectivity index (χ4n) is 1.52. The summed E-state index contributed by atoms with van der Waals surface area (Å²) in [4.78, 5) is 0. The van der Waals surface area contributed by atoms with Crippen molar-refractivity contribution in [1.29, 1.82) is 0 Å². The summed E-state index contributed by atoms with van der Waals surface area (Å²) in [5.74, 6) is 0. The van der Waals surface area contributed by atoms with Gasteiger partial charge in [-0.1, -0.05) is 52.4 Å². The number of aromatic nitrogens is 2. The SMILES string of the molecule is Cn1cc(CI)c(-c2ccccc2Cl)n1. The Hall–Kier alpha value is -0.550. The third-order valence-electron chi connectivity index (χ3n) is 2.18. The Bertz CT molecular complexity index is 479. The summed E-state index contributed by atoms with van der Waals surface area (Å²) in [6, 6.07) is 7.80. The van der Waals surface area contributed by atoms with Crippen LogP contribution < -0.4 is 0 Å². The first-order valence-corrected chi connectivity index (χ1v) is 6.46. The molecule has 0 radical (unpaired) electrons. The first kappa shape index (κ1) is 11.0. The highest BCUT2D eigenvalue weighted by Crippen LogP contribution is 2.29. The normalized spacial score (nSPS) is 10.6. The maximum Gasteiger partial charge on any atom is 0.0977 e. The van der Waals surface area contributed by atoms with Crippen molar-refractivity contribution in [3.05, 3.63) is 41.0 Å². The van der Waals surface area contributed by atoms with Crippen molar-refractivity contribution in [2.75, 3.05) is 0 Å². The Morgan fingerprint density at radius 2 is 2.13 bits per heavy atom. The van der Waals surface area contributed by atoms with Crippen molar-refractivity contribution in [2.24, 2.45) is 7.05 Å². The van der Waals surface area contributed by atoms with Gasteiger partial charge in [0, 0.05) is 28.8 Å². The lowest BCUT2D eigenvalue weighted by molar-refractivity contribution is 0.770. The average Bonchev–Trinajstić information content (AvgIpc) is 2.60. The highest BCUT2D eigenvalue weighted by molar-refractivity contribution is 14.1. The molecule has 2 nitrogen and oxygen atoms in total. The summed E-state index contributed by atoms with van der Waals surface area (Å²) in [7, 11) is 1.93. The van der Waals surface area contributed by atoms with Crippen LogP contribution in [-0.2, 0) is 11.5 Å². The van der Waals surface area contributed by atoms with E-state index in [1.807, 2.05) is 42.2 Å². The molecule has 0 atom stereocenters. The molecule has 0 aliphatic heterocycles. The van der Waals surface area contributed by atoms with E-state index in [-0.39, 0.29) is 0 Å². The smallest absolute Gasteiger partial charge is 0.0977 e. The molecular formula is C11H10ClIN2. The van der Waals surface area contributed by atoms with Gasteiger partial charge in [-0.25, -0.2) is 0 Å². The minimum absolute atomic E-state index is 0.752. The van der Waals surface area contributed by atoms with Crippen LogP contribution in [0.1, 0.15) is 5.56 Å². The van der Waals surface area contributed by atoms with Crippen LogP contribution in [0.25, 0.3) is 11.3 Å². The molecule has 15 heavy (non-hydrogen) atoms. The molecule has 0 saturated carbocycles. The number of rotatable bonds is 2. The third-order valence-corrected chi connectivity index (χ3v) is 3.33. The summed E-state index contributed by atoms with van der Waals surface area (Å²) in [5, 5.41) is 5.19. The zero-order valence-corrected chi connectivity index (χ0v) is 11.2. The molecule has 0 fully saturated rings. The van der Waals surface area contributed by atoms with E-state index in [2.05, 4.69) is 27.7 Å². The summed E-state index contributed by atoms with van der Waals surface area (Å²) >= 11 is 8.48. The van der Waals surface area contributed by atoms with Gasteiger partial charge in [-0.3, -0.25) is 4.68 Å². The van der Waals surface area contributed by atoms with E-state index in [1.54, 1.807) is 0 Å². The zero-order chi connectivity index (χ0) is 10.8. The number of alkyl halides is 1. The standard InChI is InChI=1S/C11H10ClIN2/c1-15-7-8(6-13)11(14-15)9-4-2-3-5-10(9)12/h2-5,7H,6H2,1H3. The van der Waals surface area contributed by atoms with Crippen LogP contribution >= 0.6 is 34.2 Å². The monoisotopic (exact) mass is 332 g/mol. The third kappa shape index (κ3) is 2.18. The molecule has 1 aromatic heterocycles. The molecule has 0 bridgehead atoms. The molecule has 0 N–H and O–H groups in total. The summed E-state index contributed by atoms with van der Waals surface area (Å²) in [5.41, 5.74) is 3.20. The van der Waals surface area contributed by atoms with Crippen LogP contribution in [0.5, 0.6) is 0 Å². The summed E-state index contributed by atoms with van der Waals surface area (Å²) < 4.78 is 2.76. The number of halogens is 2. The van der Waals surface area contributed by atoms with Crippen molar-refractivity contribution >= 4 is 34.2 Å². The van der Waals surface area contributed by atoms with Crippen molar-refractivity contribution in [3.8, 4) is 11.3 Å². The van der Waals surface area contributed by atoms with Crippen molar-refractivity contribution < 1.29 is 0 Å². The van der Waals surface area contributed by atoms with Crippen molar-refractivity contribution in [2.45, 2.75) is 4.43 Å². The van der Waals surface area contributed by atoms with E-state index < -0.39 is 0 Å². The number of benzene rings is 1. The number of hydrogen-bond acceptors (Lipinski definition) is 1. The first-order chi connectivity index (χ1) is 7.22. The Morgan fingerprint density at radius 3 is 2.80 bits per heavy atom. The Labute approximate surface area is 107 Å². The largest absolute Gasteiger partial charge is 0.275 e. The molecule has 4 heteroatoms. The highest BCUT2D eigenvalue weighted by Gasteiger charge is 2.11. The topological polar surface area (TPSA) is 17.8 Å². The van der Waals surface area contributed by atoms with Crippen LogP contribution in [0, 0.1) is 0 Å². The van der Waals surface area contributed by atoms with Gasteiger partial charge in [0.25, 0.3) is 0 Å². The molecule has 0 spiro atoms. The van der Waals surface area contributed by atoms with Gasteiger partial charge >= 0.3 is 0 Å². The maximum atomic E-state index is 6.15. The van der Waals surface area contributed by atoms with Crippen LogP contribution in [0.2, 0.25) is 5.02 Å². The van der Waals surface area contributed by atoms with E-state index in [1.165, 1.54) is 5.56 Å². The van der Waals surface area contributed by atoms with Crippen LogP contribution in [0.3, 0.4) is 0 Å².